The Morgan fingerprint density at radius 1 is 0.825 bits per heavy atom. The predicted molar refractivity (Wildman–Crippen MR) is 239 cm³/mol. The van der Waals surface area contributed by atoms with Crippen molar-refractivity contribution in [1.29, 1.82) is 0 Å². The van der Waals surface area contributed by atoms with Crippen molar-refractivity contribution < 1.29 is 58.2 Å². The lowest BCUT2D eigenvalue weighted by molar-refractivity contribution is -0.231. The molecule has 0 radical (unpaired) electrons. The molecule has 354 valence electrons. The van der Waals surface area contributed by atoms with Gasteiger partial charge in [0.05, 0.1) is 30.5 Å². The van der Waals surface area contributed by atoms with E-state index in [0.717, 1.165) is 12.0 Å². The minimum Gasteiger partial charge on any atom is -0.460 e. The van der Waals surface area contributed by atoms with Gasteiger partial charge in [-0.2, -0.15) is 0 Å². The highest BCUT2D eigenvalue weighted by molar-refractivity contribution is 6.09. The number of hydrogen-bond donors (Lipinski definition) is 3. The first kappa shape index (κ1) is 52.3. The number of carbonyl (C=O) groups excluding carboxylic acids is 5. The molecule has 1 amide bonds. The van der Waals surface area contributed by atoms with Crippen LogP contribution in [0.1, 0.15) is 132 Å². The molecule has 63 heavy (non-hydrogen) atoms. The van der Waals surface area contributed by atoms with E-state index in [9.17, 15) is 39.3 Å². The van der Waals surface area contributed by atoms with E-state index >= 15 is 0 Å². The number of esters is 1. The lowest BCUT2D eigenvalue weighted by Gasteiger charge is -2.40. The molecular formula is C50H77NO12. The molecule has 2 bridgehead atoms. The quantitative estimate of drug-likeness (QED) is 0.154. The average Bonchev–Trinajstić information content (AvgIpc) is 3.36. The number of ketones is 3. The van der Waals surface area contributed by atoms with E-state index in [-0.39, 0.29) is 73.6 Å². The number of nitrogens with zero attached hydrogens (tertiary/aromatic N) is 1. The maximum absolute atomic E-state index is 14.6. The van der Waals surface area contributed by atoms with Gasteiger partial charge in [-0.15, -0.1) is 0 Å². The number of cyclic esters (lactones) is 1. The first-order chi connectivity index (χ1) is 29.8. The van der Waals surface area contributed by atoms with Gasteiger partial charge in [0.15, 0.2) is 0 Å². The molecule has 0 spiro atoms. The molecule has 4 rings (SSSR count). The Kier molecular flexibility index (Phi) is 20.1. The largest absolute Gasteiger partial charge is 0.460 e. The molecule has 14 atom stereocenters. The van der Waals surface area contributed by atoms with E-state index in [1.54, 1.807) is 41.1 Å². The number of Topliss-reactive ketones (excluding diaryl/α,β-unsaturated/α-hetero) is 3. The minimum atomic E-state index is -2.84. The van der Waals surface area contributed by atoms with E-state index in [4.69, 9.17) is 18.9 Å². The molecule has 4 aliphatic rings. The van der Waals surface area contributed by atoms with Crippen LogP contribution in [0.2, 0.25) is 0 Å². The third kappa shape index (κ3) is 14.3. The standard InChI is InChI=1S/C50H77NO12/c1-30-15-11-10-12-16-31(2)44(60-8)27-38-20-18-32(3)47(56)50(59,63-38)49(58)51-22-14-13-17-39(51)48(57)62-45(36(7)25-37-19-21-40(52)46(26-37)61-9)29-43(55)35(6)24-34(5)42(54)28-41(53)33(4)23-30/h10-12,15-16,24,30,32-33,35-40,42,44-46,52,54,59H,13-14,17-23,25-29H2,1-9H3/b12-10+,15-11+,31-16+,34-24+/t30-,32-,33-,35-,36+,37+,38+,39+,40-,42+,44+,45+,46-,50?/m1/s1. The highest BCUT2D eigenvalue weighted by Crippen LogP contribution is 2.36. The number of carbonyl (C=O) groups is 5. The smallest absolute Gasteiger partial charge is 0.329 e. The van der Waals surface area contributed by atoms with Gasteiger partial charge >= 0.3 is 11.8 Å². The fourth-order valence-corrected chi connectivity index (χ4v) is 9.77. The Morgan fingerprint density at radius 2 is 1.56 bits per heavy atom. The van der Waals surface area contributed by atoms with Crippen molar-refractivity contribution in [2.24, 2.45) is 35.5 Å². The van der Waals surface area contributed by atoms with Crippen LogP contribution in [-0.2, 0) is 42.9 Å². The topological polar surface area (TPSA) is 186 Å². The van der Waals surface area contributed by atoms with Crippen LogP contribution in [0.4, 0.5) is 0 Å². The van der Waals surface area contributed by atoms with Crippen LogP contribution in [-0.4, -0.2) is 119 Å². The number of aliphatic hydroxyl groups is 3. The zero-order valence-corrected chi connectivity index (χ0v) is 39.3. The highest BCUT2D eigenvalue weighted by Gasteiger charge is 2.55. The van der Waals surface area contributed by atoms with Gasteiger partial charge in [0.2, 0.25) is 5.78 Å². The fraction of sp³-hybridized carbons (Fsp3) is 0.740. The zero-order valence-electron chi connectivity index (χ0n) is 39.3. The second-order valence-electron chi connectivity index (χ2n) is 19.3. The van der Waals surface area contributed by atoms with Crippen molar-refractivity contribution in [2.75, 3.05) is 20.8 Å². The minimum absolute atomic E-state index is 0.0701. The maximum atomic E-state index is 14.6. The average molecular weight is 884 g/mol. The fourth-order valence-electron chi connectivity index (χ4n) is 9.77. The second-order valence-corrected chi connectivity index (χ2v) is 19.3. The van der Waals surface area contributed by atoms with E-state index in [2.05, 4.69) is 0 Å². The number of amides is 1. The van der Waals surface area contributed by atoms with Crippen molar-refractivity contribution >= 4 is 29.2 Å². The van der Waals surface area contributed by atoms with Crippen LogP contribution in [0.15, 0.2) is 47.6 Å². The Labute approximate surface area is 375 Å². The normalized spacial score (nSPS) is 40.1. The molecule has 3 heterocycles. The summed E-state index contributed by atoms with van der Waals surface area (Å²) in [6, 6.07) is -1.14. The van der Waals surface area contributed by atoms with E-state index in [1.165, 1.54) is 4.90 Å². The summed E-state index contributed by atoms with van der Waals surface area (Å²) in [4.78, 5) is 71.4. The molecule has 2 saturated heterocycles. The van der Waals surface area contributed by atoms with Crippen molar-refractivity contribution in [3.63, 3.8) is 0 Å². The molecule has 0 aromatic carbocycles. The molecule has 0 aromatic rings. The van der Waals surface area contributed by atoms with Crippen LogP contribution >= 0.6 is 0 Å². The molecule has 3 N–H and O–H groups in total. The molecule has 1 unspecified atom stereocenters. The molecule has 3 aliphatic heterocycles. The number of allylic oxidation sites excluding steroid dienone is 6. The lowest BCUT2D eigenvalue weighted by Crippen LogP contribution is -2.62. The summed E-state index contributed by atoms with van der Waals surface area (Å²) in [5, 5.41) is 33.7. The van der Waals surface area contributed by atoms with E-state index < -0.39 is 71.8 Å². The van der Waals surface area contributed by atoms with Crippen molar-refractivity contribution in [2.45, 2.75) is 180 Å². The summed E-state index contributed by atoms with van der Waals surface area (Å²) in [5.41, 5.74) is 1.36. The van der Waals surface area contributed by atoms with E-state index in [0.29, 0.717) is 56.9 Å². The molecule has 3 fully saturated rings. The summed E-state index contributed by atoms with van der Waals surface area (Å²) < 4.78 is 23.9. The first-order valence-electron chi connectivity index (χ1n) is 23.4. The SMILES string of the molecule is CO[C@H]1C[C@@H]2CC[C@@H](C)C(=O)C(O)(O2)C(=O)N2CCCC[C@H]2C(=O)O[C@H]([C@@H](C)C[C@@H]2CC[C@@H](O)[C@H](OC)C2)CC(=O)[C@H](C)/C=C(\C)[C@@H](O)CC(=O)[C@H](C)C[C@H](C)/C=C/C=C/C=C/1C. The number of piperidine rings is 1. The third-order valence-corrected chi connectivity index (χ3v) is 14.1. The lowest BCUT2D eigenvalue weighted by atomic mass is 9.78. The Morgan fingerprint density at radius 3 is 2.25 bits per heavy atom. The van der Waals surface area contributed by atoms with Gasteiger partial charge in [-0.05, 0) is 107 Å². The molecule has 0 aromatic heterocycles. The van der Waals surface area contributed by atoms with Gasteiger partial charge < -0.3 is 39.2 Å². The van der Waals surface area contributed by atoms with Gasteiger partial charge in [0.25, 0.3) is 5.91 Å². The molecular weight excluding hydrogens is 807 g/mol. The molecule has 13 nitrogen and oxygen atoms in total. The molecule has 13 heteroatoms. The Bertz CT molecular complexity index is 1700. The molecule has 1 saturated carbocycles. The number of hydrogen-bond acceptors (Lipinski definition) is 12. The zero-order chi connectivity index (χ0) is 46.6. The van der Waals surface area contributed by atoms with Gasteiger partial charge in [-0.25, -0.2) is 4.79 Å². The Hall–Kier alpha value is -3.33. The first-order valence-corrected chi connectivity index (χ1v) is 23.4. The van der Waals surface area contributed by atoms with Crippen LogP contribution < -0.4 is 0 Å². The Balaban J connectivity index is 1.71. The van der Waals surface area contributed by atoms with Crippen LogP contribution in [0.3, 0.4) is 0 Å². The van der Waals surface area contributed by atoms with Crippen LogP contribution in [0, 0.1) is 35.5 Å². The summed E-state index contributed by atoms with van der Waals surface area (Å²) in [5.74, 6) is -7.42. The number of methoxy groups -OCH3 is 2. The number of fused-ring (bicyclic) bond motifs is 3. The highest BCUT2D eigenvalue weighted by atomic mass is 16.6. The van der Waals surface area contributed by atoms with Gasteiger partial charge in [0, 0.05) is 57.8 Å². The molecule has 1 aliphatic carbocycles. The van der Waals surface area contributed by atoms with Crippen LogP contribution in [0.25, 0.3) is 0 Å². The third-order valence-electron chi connectivity index (χ3n) is 14.1. The van der Waals surface area contributed by atoms with Gasteiger partial charge in [-0.1, -0.05) is 71.1 Å². The second kappa shape index (κ2) is 24.3. The summed E-state index contributed by atoms with van der Waals surface area (Å²) in [7, 11) is 3.14. The summed E-state index contributed by atoms with van der Waals surface area (Å²) >= 11 is 0. The number of ether oxygens (including phenoxy) is 4. The van der Waals surface area contributed by atoms with Crippen molar-refractivity contribution in [1.82, 2.24) is 4.90 Å². The van der Waals surface area contributed by atoms with Crippen molar-refractivity contribution in [3.05, 3.63) is 47.6 Å². The predicted octanol–water partition coefficient (Wildman–Crippen LogP) is 6.56. The summed E-state index contributed by atoms with van der Waals surface area (Å²) in [6.07, 6.45) is 12.4. The number of rotatable bonds is 5. The number of aliphatic hydroxyl groups excluding tert-OH is 2. The van der Waals surface area contributed by atoms with E-state index in [1.807, 2.05) is 58.1 Å². The maximum Gasteiger partial charge on any atom is 0.329 e. The van der Waals surface area contributed by atoms with Crippen LogP contribution in [0.5, 0.6) is 0 Å². The summed E-state index contributed by atoms with van der Waals surface area (Å²) in [6.45, 7) is 12.9. The van der Waals surface area contributed by atoms with Gasteiger partial charge in [0.1, 0.15) is 23.7 Å². The van der Waals surface area contributed by atoms with Crippen molar-refractivity contribution in [3.8, 4) is 0 Å². The monoisotopic (exact) mass is 884 g/mol. The van der Waals surface area contributed by atoms with Gasteiger partial charge in [-0.3, -0.25) is 19.2 Å².